The molecule has 188 valence electrons. The van der Waals surface area contributed by atoms with E-state index in [2.05, 4.69) is 4.99 Å². The summed E-state index contributed by atoms with van der Waals surface area (Å²) >= 11 is 0. The van der Waals surface area contributed by atoms with E-state index in [0.29, 0.717) is 5.56 Å². The molecule has 0 saturated carbocycles. The van der Waals surface area contributed by atoms with Crippen LogP contribution < -0.4 is 11.1 Å². The predicted molar refractivity (Wildman–Crippen MR) is 130 cm³/mol. The molecule has 0 radical (unpaired) electrons. The monoisotopic (exact) mass is 532 g/mol. The zero-order valence-corrected chi connectivity index (χ0v) is 20.5. The molecule has 5 N–H and O–H groups in total. The van der Waals surface area contributed by atoms with Gasteiger partial charge in [0.15, 0.2) is 21.1 Å². The number of rotatable bonds is 5. The number of carboxylic acid groups (broad SMARTS) is 1. The highest BCUT2D eigenvalue weighted by Crippen LogP contribution is 2.45. The molecule has 2 aromatic carbocycles. The second-order valence-corrected chi connectivity index (χ2v) is 10.6. The normalized spacial score (nSPS) is 12.9. The molecule has 0 saturated heterocycles. The van der Waals surface area contributed by atoms with E-state index in [9.17, 15) is 35.8 Å². The molecule has 0 aromatic heterocycles. The molecule has 1 aliphatic carbocycles. The van der Waals surface area contributed by atoms with E-state index < -0.39 is 53.0 Å². The summed E-state index contributed by atoms with van der Waals surface area (Å²) in [6.07, 6.45) is 0. The van der Waals surface area contributed by atoms with E-state index in [-0.39, 0.29) is 39.5 Å². The first-order valence-electron chi connectivity index (χ1n) is 10.4. The third-order valence-corrected chi connectivity index (χ3v) is 7.34. The van der Waals surface area contributed by atoms with Gasteiger partial charge in [0.2, 0.25) is 0 Å². The molecule has 1 heterocycles. The van der Waals surface area contributed by atoms with Crippen molar-refractivity contribution in [2.75, 3.05) is 12.3 Å². The van der Waals surface area contributed by atoms with Crippen LogP contribution in [0.5, 0.6) is 0 Å². The van der Waals surface area contributed by atoms with Crippen molar-refractivity contribution in [2.45, 2.75) is 23.6 Å². The van der Waals surface area contributed by atoms with Crippen molar-refractivity contribution >= 4 is 42.9 Å². The van der Waals surface area contributed by atoms with E-state index in [4.69, 9.17) is 10.2 Å². The molecule has 4 rings (SSSR count). The van der Waals surface area contributed by atoms with Crippen molar-refractivity contribution in [1.82, 2.24) is 0 Å². The van der Waals surface area contributed by atoms with Gasteiger partial charge in [0.05, 0.1) is 16.6 Å². The third kappa shape index (κ3) is 4.22. The van der Waals surface area contributed by atoms with Crippen molar-refractivity contribution in [1.29, 1.82) is 0 Å². The highest BCUT2D eigenvalue weighted by molar-refractivity contribution is 7.86. The quantitative estimate of drug-likeness (QED) is 0.168. The fraction of sp³-hybridized carbons (Fsp3) is 0.130. The number of carboxylic acids is 1. The van der Waals surface area contributed by atoms with E-state index in [0.717, 1.165) is 0 Å². The summed E-state index contributed by atoms with van der Waals surface area (Å²) in [4.78, 5) is 14.6. The van der Waals surface area contributed by atoms with Gasteiger partial charge in [0.1, 0.15) is 0 Å². The van der Waals surface area contributed by atoms with Gasteiger partial charge in [-0.15, -0.1) is 0 Å². The van der Waals surface area contributed by atoms with E-state index >= 15 is 0 Å². The van der Waals surface area contributed by atoms with E-state index in [1.54, 1.807) is 19.9 Å². The summed E-state index contributed by atoms with van der Waals surface area (Å²) in [6, 6.07) is 9.78. The highest BCUT2D eigenvalue weighted by atomic mass is 32.2. The lowest BCUT2D eigenvalue weighted by Gasteiger charge is -2.20. The van der Waals surface area contributed by atoms with Gasteiger partial charge >= 0.3 is 5.97 Å². The average Bonchev–Trinajstić information content (AvgIpc) is 2.75. The largest absolute Gasteiger partial charge is 0.478 e. The lowest BCUT2D eigenvalue weighted by atomic mass is 9.90. The molecule has 2 aliphatic rings. The number of nitrogens with two attached hydrogens (primary N) is 1. The molecular weight excluding hydrogens is 512 g/mol. The van der Waals surface area contributed by atoms with Crippen molar-refractivity contribution in [3.8, 4) is 22.5 Å². The minimum absolute atomic E-state index is 0.0251. The Morgan fingerprint density at radius 3 is 2.19 bits per heavy atom. The standard InChI is InChI=1S/C23H20N2O9S2/c1-3-25-17-9-7-14-18(12-5-4-11(2)10-15(12)23(26)27)13-6-8-16(24)21(35(28,29)30)19(13)34-20(14)22(17)36(31,32)33/h4-10H,3,24H2,1-2H3,(H,26,27)(H,28,29,30)(H,31,32,33)/b25-17+. The second kappa shape index (κ2) is 8.71. The zero-order valence-electron chi connectivity index (χ0n) is 18.9. The molecule has 0 spiro atoms. The van der Waals surface area contributed by atoms with Crippen LogP contribution in [-0.4, -0.2) is 43.6 Å². The number of aryl methyl sites for hydroxylation is 1. The van der Waals surface area contributed by atoms with Crippen molar-refractivity contribution < 1.29 is 40.3 Å². The molecule has 11 nitrogen and oxygen atoms in total. The van der Waals surface area contributed by atoms with Crippen LogP contribution in [0.2, 0.25) is 0 Å². The molecule has 0 fully saturated rings. The Bertz CT molecular complexity index is 1820. The first-order chi connectivity index (χ1) is 16.8. The summed E-state index contributed by atoms with van der Waals surface area (Å²) in [7, 11) is -9.99. The Morgan fingerprint density at radius 2 is 1.61 bits per heavy atom. The van der Waals surface area contributed by atoms with Crippen LogP contribution in [0.3, 0.4) is 0 Å². The number of fused-ring (bicyclic) bond motifs is 2. The summed E-state index contributed by atoms with van der Waals surface area (Å²) < 4.78 is 75.1. The SMILES string of the molecule is CC/N=c1\ccc2c(-c3ccc(C)cc3C(=O)O)c3ccc(N)c(S(=O)(=O)O)c3oc-2c1S(=O)(=O)O. The maximum absolute atomic E-state index is 12.4. The topological polar surface area (TPSA) is 198 Å². The molecule has 0 bridgehead atoms. The Balaban J connectivity index is 2.41. The lowest BCUT2D eigenvalue weighted by Crippen LogP contribution is -2.18. The number of hydrogen-bond acceptors (Lipinski definition) is 8. The minimum atomic E-state index is -5.00. The van der Waals surface area contributed by atoms with Crippen molar-refractivity contribution in [3.05, 3.63) is 58.9 Å². The summed E-state index contributed by atoms with van der Waals surface area (Å²) in [5.74, 6) is -1.80. The Morgan fingerprint density at radius 1 is 0.972 bits per heavy atom. The van der Waals surface area contributed by atoms with Crippen LogP contribution in [0.25, 0.3) is 33.4 Å². The van der Waals surface area contributed by atoms with Gasteiger partial charge in [-0.05, 0) is 49.7 Å². The van der Waals surface area contributed by atoms with E-state index in [1.807, 2.05) is 0 Å². The summed E-state index contributed by atoms with van der Waals surface area (Å²) in [5, 5.41) is 9.75. The van der Waals surface area contributed by atoms with Gasteiger partial charge < -0.3 is 15.3 Å². The lowest BCUT2D eigenvalue weighted by molar-refractivity contribution is 0.0697. The fourth-order valence-electron chi connectivity index (χ4n) is 4.13. The number of nitrogen functional groups attached to an aromatic ring is 1. The Hall–Kier alpha value is -3.78. The number of anilines is 1. The van der Waals surface area contributed by atoms with Crippen molar-refractivity contribution in [2.24, 2.45) is 4.99 Å². The van der Waals surface area contributed by atoms with Gasteiger partial charge in [-0.1, -0.05) is 17.7 Å². The van der Waals surface area contributed by atoms with Crippen molar-refractivity contribution in [3.63, 3.8) is 0 Å². The molecule has 0 atom stereocenters. The number of carbonyl (C=O) groups is 1. The average molecular weight is 533 g/mol. The van der Waals surface area contributed by atoms with E-state index in [1.165, 1.54) is 36.4 Å². The maximum atomic E-state index is 12.4. The smallest absolute Gasteiger partial charge is 0.336 e. The minimum Gasteiger partial charge on any atom is -0.478 e. The van der Waals surface area contributed by atoms with Gasteiger partial charge in [-0.3, -0.25) is 14.1 Å². The summed E-state index contributed by atoms with van der Waals surface area (Å²) in [6.45, 7) is 3.45. The predicted octanol–water partition coefficient (Wildman–Crippen LogP) is 3.21. The second-order valence-electron chi connectivity index (χ2n) is 7.91. The Labute approximate surface area is 205 Å². The van der Waals surface area contributed by atoms with Crippen LogP contribution in [0, 0.1) is 6.92 Å². The van der Waals surface area contributed by atoms with Gasteiger partial charge in [0, 0.05) is 23.1 Å². The van der Waals surface area contributed by atoms with Crippen LogP contribution >= 0.6 is 0 Å². The highest BCUT2D eigenvalue weighted by Gasteiger charge is 2.31. The molecule has 0 unspecified atom stereocenters. The van der Waals surface area contributed by atoms with Gasteiger partial charge in [-0.25, -0.2) is 4.79 Å². The number of hydrogen-bond donors (Lipinski definition) is 4. The van der Waals surface area contributed by atoms with Gasteiger partial charge in [-0.2, -0.15) is 16.8 Å². The molecule has 1 aliphatic heterocycles. The van der Waals surface area contributed by atoms with Crippen LogP contribution in [0.4, 0.5) is 5.69 Å². The number of nitrogens with zero attached hydrogens (tertiary/aromatic N) is 1. The van der Waals surface area contributed by atoms with Gasteiger partial charge in [0.25, 0.3) is 20.2 Å². The molecular formula is C23H20N2O9S2. The molecule has 13 heteroatoms. The fourth-order valence-corrected chi connectivity index (χ4v) is 5.66. The number of benzene rings is 3. The zero-order chi connectivity index (χ0) is 26.6. The first kappa shape index (κ1) is 25.3. The molecule has 0 amide bonds. The Kier molecular flexibility index (Phi) is 6.12. The van der Waals surface area contributed by atoms with Crippen LogP contribution in [-0.2, 0) is 20.2 Å². The molecule has 36 heavy (non-hydrogen) atoms. The van der Waals surface area contributed by atoms with Crippen LogP contribution in [0.1, 0.15) is 22.8 Å². The third-order valence-electron chi connectivity index (χ3n) is 5.50. The van der Waals surface area contributed by atoms with Crippen LogP contribution in [0.15, 0.2) is 61.7 Å². The maximum Gasteiger partial charge on any atom is 0.336 e. The summed E-state index contributed by atoms with van der Waals surface area (Å²) in [5.41, 5.74) is 5.59. The molecule has 2 aromatic rings. The number of aromatic carboxylic acids is 1. The first-order valence-corrected chi connectivity index (χ1v) is 13.3.